The molecule has 4 nitrogen and oxygen atoms in total. The number of carbonyl (C=O) groups excluding carboxylic acids is 1. The molecule has 1 heterocycles. The number of ketones is 1. The molecule has 0 fully saturated rings. The Morgan fingerprint density at radius 2 is 1.69 bits per heavy atom. The average Bonchev–Trinajstić information content (AvgIpc) is 3.05. The zero-order valence-corrected chi connectivity index (χ0v) is 16.7. The van der Waals surface area contributed by atoms with Crippen molar-refractivity contribution in [1.82, 2.24) is 0 Å². The van der Waals surface area contributed by atoms with Crippen LogP contribution in [0.3, 0.4) is 0 Å². The summed E-state index contributed by atoms with van der Waals surface area (Å²) in [4.78, 5) is 13.9. The number of hydrogen-bond acceptors (Lipinski definition) is 4. The van der Waals surface area contributed by atoms with Gasteiger partial charge in [0.05, 0.1) is 17.6 Å². The van der Waals surface area contributed by atoms with Gasteiger partial charge in [-0.2, -0.15) is 0 Å². The van der Waals surface area contributed by atoms with Gasteiger partial charge in [0.25, 0.3) is 0 Å². The van der Waals surface area contributed by atoms with Crippen LogP contribution < -0.4 is 4.74 Å². The van der Waals surface area contributed by atoms with Crippen molar-refractivity contribution in [2.45, 2.75) is 13.3 Å². The van der Waals surface area contributed by atoms with Crippen molar-refractivity contribution in [3.05, 3.63) is 83.9 Å². The van der Waals surface area contributed by atoms with Crippen LogP contribution in [0, 0.1) is 0 Å². The van der Waals surface area contributed by atoms with Gasteiger partial charge >= 0.3 is 0 Å². The van der Waals surface area contributed by atoms with E-state index in [9.17, 15) is 14.5 Å². The lowest BCUT2D eigenvalue weighted by molar-refractivity contribution is 0.104. The van der Waals surface area contributed by atoms with Gasteiger partial charge in [0.1, 0.15) is 11.5 Å². The van der Waals surface area contributed by atoms with Crippen LogP contribution in [-0.2, 0) is 0 Å². The second-order valence-corrected chi connectivity index (χ2v) is 8.10. The first-order chi connectivity index (χ1) is 14.1. The van der Waals surface area contributed by atoms with Crippen LogP contribution in [-0.4, -0.2) is 22.0 Å². The fraction of sp³-hybridized carbons (Fsp3) is 0.125. The SMILES string of the molecule is CCCOc1ccc(-c2c(C(=O)c3ccc(O)cc3)c3ccccc3[s+]2[O-])cc1. The largest absolute Gasteiger partial charge is 0.590 e. The molecule has 0 saturated heterocycles. The predicted molar refractivity (Wildman–Crippen MR) is 115 cm³/mol. The lowest BCUT2D eigenvalue weighted by Gasteiger charge is -2.07. The van der Waals surface area contributed by atoms with Crippen LogP contribution in [0.25, 0.3) is 20.5 Å². The molecule has 0 aliphatic carbocycles. The van der Waals surface area contributed by atoms with E-state index in [1.807, 2.05) is 49.4 Å². The summed E-state index contributed by atoms with van der Waals surface area (Å²) in [5.41, 5.74) is 1.60. The summed E-state index contributed by atoms with van der Waals surface area (Å²) in [7, 11) is -1.46. The molecule has 1 N–H and O–H groups in total. The van der Waals surface area contributed by atoms with Gasteiger partial charge in [-0.1, -0.05) is 19.1 Å². The number of rotatable bonds is 6. The number of aromatic hydroxyl groups is 1. The van der Waals surface area contributed by atoms with Crippen LogP contribution in [0.2, 0.25) is 0 Å². The standard InChI is InChI=1S/C24H20O4S/c1-2-15-28-19-13-9-17(10-14-19)24-22(20-5-3-4-6-21(20)29(24)27)23(26)16-7-11-18(25)12-8-16/h3-14,25H,2,15H2,1H3. The lowest BCUT2D eigenvalue weighted by Crippen LogP contribution is -2.02. The summed E-state index contributed by atoms with van der Waals surface area (Å²) in [6, 6.07) is 20.7. The molecule has 1 aromatic heterocycles. The summed E-state index contributed by atoms with van der Waals surface area (Å²) >= 11 is 0. The Morgan fingerprint density at radius 3 is 2.38 bits per heavy atom. The molecular weight excluding hydrogens is 384 g/mol. The molecule has 29 heavy (non-hydrogen) atoms. The smallest absolute Gasteiger partial charge is 0.199 e. The summed E-state index contributed by atoms with van der Waals surface area (Å²) in [5, 5.41) is 10.2. The van der Waals surface area contributed by atoms with Crippen molar-refractivity contribution in [2.24, 2.45) is 0 Å². The highest BCUT2D eigenvalue weighted by atomic mass is 32.2. The topological polar surface area (TPSA) is 69.6 Å². The first-order valence-electron chi connectivity index (χ1n) is 9.42. The zero-order valence-electron chi connectivity index (χ0n) is 15.9. The Kier molecular flexibility index (Phi) is 5.34. The number of fused-ring (bicyclic) bond motifs is 1. The van der Waals surface area contributed by atoms with Gasteiger partial charge in [-0.05, 0) is 77.8 Å². The van der Waals surface area contributed by atoms with Gasteiger partial charge in [0, 0.05) is 11.1 Å². The molecule has 0 bridgehead atoms. The number of thiophene rings is 1. The summed E-state index contributed by atoms with van der Waals surface area (Å²) in [6.45, 7) is 2.67. The third-order valence-corrected chi connectivity index (χ3v) is 6.28. The number of benzene rings is 3. The summed E-state index contributed by atoms with van der Waals surface area (Å²) < 4.78 is 19.6. The molecule has 0 spiro atoms. The number of carbonyl (C=O) groups is 1. The summed E-state index contributed by atoms with van der Waals surface area (Å²) in [6.07, 6.45) is 0.914. The van der Waals surface area contributed by atoms with Crippen molar-refractivity contribution < 1.29 is 19.2 Å². The van der Waals surface area contributed by atoms with E-state index in [1.54, 1.807) is 18.2 Å². The highest BCUT2D eigenvalue weighted by Gasteiger charge is 2.29. The molecule has 0 aliphatic heterocycles. The monoisotopic (exact) mass is 404 g/mol. The van der Waals surface area contributed by atoms with Crippen LogP contribution in [0.5, 0.6) is 11.5 Å². The maximum absolute atomic E-state index is 13.4. The molecule has 5 heteroatoms. The van der Waals surface area contributed by atoms with Crippen molar-refractivity contribution in [3.63, 3.8) is 0 Å². The highest BCUT2D eigenvalue weighted by Crippen LogP contribution is 2.45. The predicted octanol–water partition coefficient (Wildman–Crippen LogP) is 5.96. The Labute approximate surface area is 171 Å². The lowest BCUT2D eigenvalue weighted by atomic mass is 9.97. The molecule has 0 saturated carbocycles. The number of phenols is 1. The molecule has 0 amide bonds. The van der Waals surface area contributed by atoms with Crippen LogP contribution in [0.1, 0.15) is 29.3 Å². The third kappa shape index (κ3) is 3.62. The molecule has 1 atom stereocenters. The van der Waals surface area contributed by atoms with E-state index in [0.29, 0.717) is 32.7 Å². The van der Waals surface area contributed by atoms with E-state index < -0.39 is 10.8 Å². The normalized spacial score (nSPS) is 11.6. The Hall–Kier alpha value is -3.15. The van der Waals surface area contributed by atoms with Gasteiger partial charge in [0.2, 0.25) is 0 Å². The van der Waals surface area contributed by atoms with E-state index in [0.717, 1.165) is 17.7 Å². The first-order valence-corrected chi connectivity index (χ1v) is 10.6. The van der Waals surface area contributed by atoms with Gasteiger partial charge < -0.3 is 14.4 Å². The third-order valence-electron chi connectivity index (χ3n) is 4.71. The molecule has 1 unspecified atom stereocenters. The zero-order chi connectivity index (χ0) is 20.4. The maximum atomic E-state index is 13.4. The van der Waals surface area contributed by atoms with E-state index in [1.165, 1.54) is 12.1 Å². The van der Waals surface area contributed by atoms with Crippen LogP contribution >= 0.6 is 10.8 Å². The van der Waals surface area contributed by atoms with E-state index >= 15 is 0 Å². The van der Waals surface area contributed by atoms with E-state index in [4.69, 9.17) is 4.74 Å². The van der Waals surface area contributed by atoms with Crippen molar-refractivity contribution in [3.8, 4) is 21.9 Å². The van der Waals surface area contributed by atoms with E-state index in [-0.39, 0.29) is 11.5 Å². The minimum Gasteiger partial charge on any atom is -0.590 e. The molecular formula is C24H20O4S. The van der Waals surface area contributed by atoms with Gasteiger partial charge in [-0.15, -0.1) is 0 Å². The molecule has 3 aromatic carbocycles. The molecule has 4 aromatic rings. The minimum atomic E-state index is -1.46. The van der Waals surface area contributed by atoms with Crippen molar-refractivity contribution in [1.29, 1.82) is 0 Å². The van der Waals surface area contributed by atoms with Crippen molar-refractivity contribution >= 4 is 26.6 Å². The molecule has 4 rings (SSSR count). The quantitative estimate of drug-likeness (QED) is 0.318. The fourth-order valence-electron chi connectivity index (χ4n) is 3.32. The molecule has 0 radical (unpaired) electrons. The Bertz CT molecular complexity index is 1160. The van der Waals surface area contributed by atoms with Crippen LogP contribution in [0.4, 0.5) is 0 Å². The highest BCUT2D eigenvalue weighted by molar-refractivity contribution is 7.35. The molecule has 0 aliphatic rings. The van der Waals surface area contributed by atoms with Gasteiger partial charge in [0.15, 0.2) is 15.4 Å². The number of ether oxygens (including phenoxy) is 1. The van der Waals surface area contributed by atoms with Gasteiger partial charge in [-0.3, -0.25) is 4.79 Å². The first kappa shape index (κ1) is 19.2. The Morgan fingerprint density at radius 1 is 1.00 bits per heavy atom. The Balaban J connectivity index is 1.87. The average molecular weight is 404 g/mol. The summed E-state index contributed by atoms with van der Waals surface area (Å²) in [5.74, 6) is 0.613. The van der Waals surface area contributed by atoms with Crippen LogP contribution in [0.15, 0.2) is 72.8 Å². The second kappa shape index (κ2) is 8.07. The van der Waals surface area contributed by atoms with Gasteiger partial charge in [-0.25, -0.2) is 0 Å². The number of phenolic OH excluding ortho intramolecular Hbond substituents is 1. The minimum absolute atomic E-state index is 0.0915. The van der Waals surface area contributed by atoms with Crippen molar-refractivity contribution in [2.75, 3.05) is 6.61 Å². The number of hydrogen-bond donors (Lipinski definition) is 1. The van der Waals surface area contributed by atoms with E-state index in [2.05, 4.69) is 0 Å². The maximum Gasteiger partial charge on any atom is 0.199 e. The molecule has 146 valence electrons. The fourth-order valence-corrected chi connectivity index (χ4v) is 4.85. The second-order valence-electron chi connectivity index (χ2n) is 6.72.